The molecule has 3 rings (SSSR count). The summed E-state index contributed by atoms with van der Waals surface area (Å²) < 4.78 is 28.6. The number of halogens is 2. The van der Waals surface area contributed by atoms with Gasteiger partial charge in [0.1, 0.15) is 11.6 Å². The molecule has 0 saturated carbocycles. The summed E-state index contributed by atoms with van der Waals surface area (Å²) in [5.74, 6) is -1.77. The zero-order valence-corrected chi connectivity index (χ0v) is 13.4. The number of carbonyl (C=O) groups is 1. The lowest BCUT2D eigenvalue weighted by Gasteiger charge is -2.12. The van der Waals surface area contributed by atoms with Crippen LogP contribution < -0.4 is 5.32 Å². The number of benzene rings is 1. The van der Waals surface area contributed by atoms with Crippen LogP contribution in [-0.4, -0.2) is 25.9 Å². The minimum atomic E-state index is -0.673. The normalized spacial score (nSPS) is 12.0. The molecule has 0 aliphatic carbocycles. The van der Waals surface area contributed by atoms with E-state index in [1.54, 1.807) is 24.5 Å². The zero-order chi connectivity index (χ0) is 17.8. The third-order valence-electron chi connectivity index (χ3n) is 3.71. The molecule has 1 aromatic carbocycles. The van der Waals surface area contributed by atoms with Gasteiger partial charge in [0.15, 0.2) is 5.69 Å². The number of rotatable bonds is 5. The van der Waals surface area contributed by atoms with E-state index in [9.17, 15) is 13.6 Å². The van der Waals surface area contributed by atoms with Crippen molar-refractivity contribution in [2.24, 2.45) is 0 Å². The second-order valence-corrected chi connectivity index (χ2v) is 5.48. The molecule has 0 fully saturated rings. The molecule has 6 nitrogen and oxygen atoms in total. The van der Waals surface area contributed by atoms with Crippen molar-refractivity contribution in [3.05, 3.63) is 77.4 Å². The average molecular weight is 343 g/mol. The second kappa shape index (κ2) is 7.16. The lowest BCUT2D eigenvalue weighted by atomic mass is 10.1. The van der Waals surface area contributed by atoms with Gasteiger partial charge < -0.3 is 5.32 Å². The number of nitrogens with zero attached hydrogens (tertiary/aromatic N) is 4. The smallest absolute Gasteiger partial charge is 0.273 e. The number of hydrogen-bond donors (Lipinski definition) is 1. The highest BCUT2D eigenvalue weighted by Gasteiger charge is 2.16. The van der Waals surface area contributed by atoms with Gasteiger partial charge in [0.25, 0.3) is 5.91 Å². The third kappa shape index (κ3) is 3.85. The predicted molar refractivity (Wildman–Crippen MR) is 85.6 cm³/mol. The maximum Gasteiger partial charge on any atom is 0.273 e. The first-order chi connectivity index (χ1) is 12.0. The minimum Gasteiger partial charge on any atom is -0.344 e. The fourth-order valence-electron chi connectivity index (χ4n) is 2.33. The summed E-state index contributed by atoms with van der Waals surface area (Å²) in [7, 11) is 0. The summed E-state index contributed by atoms with van der Waals surface area (Å²) in [5.41, 5.74) is 0.825. The van der Waals surface area contributed by atoms with Crippen LogP contribution in [0.25, 0.3) is 0 Å². The average Bonchev–Trinajstić information content (AvgIpc) is 3.08. The molecule has 3 aromatic rings. The molecule has 128 valence electrons. The Morgan fingerprint density at radius 3 is 2.56 bits per heavy atom. The van der Waals surface area contributed by atoms with Gasteiger partial charge in [-0.15, -0.1) is 5.10 Å². The van der Waals surface area contributed by atoms with Crippen molar-refractivity contribution in [1.82, 2.24) is 25.3 Å². The van der Waals surface area contributed by atoms with Crippen molar-refractivity contribution in [2.75, 3.05) is 0 Å². The molecule has 0 saturated heterocycles. The van der Waals surface area contributed by atoms with E-state index in [2.05, 4.69) is 20.6 Å². The molecule has 0 aliphatic heterocycles. The summed E-state index contributed by atoms with van der Waals surface area (Å²) >= 11 is 0. The Labute approximate surface area is 142 Å². The molecule has 0 spiro atoms. The standard InChI is InChI=1S/C17H15F2N5O/c1-11(12-5-7-20-8-6-12)21-17(25)16-10-24(23-22-16)9-13-14(18)3-2-4-15(13)19/h2-8,10-11H,9H2,1H3,(H,21,25). The fourth-order valence-corrected chi connectivity index (χ4v) is 2.33. The minimum absolute atomic E-state index is 0.0673. The van der Waals surface area contributed by atoms with E-state index in [1.807, 2.05) is 6.92 Å². The Morgan fingerprint density at radius 1 is 1.20 bits per heavy atom. The number of aromatic nitrogens is 4. The molecule has 0 radical (unpaired) electrons. The number of hydrogen-bond acceptors (Lipinski definition) is 4. The molecule has 2 aromatic heterocycles. The van der Waals surface area contributed by atoms with Crippen molar-refractivity contribution in [3.63, 3.8) is 0 Å². The molecular weight excluding hydrogens is 328 g/mol. The summed E-state index contributed by atoms with van der Waals surface area (Å²) in [5, 5.41) is 10.3. The highest BCUT2D eigenvalue weighted by atomic mass is 19.1. The molecule has 0 bridgehead atoms. The molecule has 8 heteroatoms. The van der Waals surface area contributed by atoms with Crippen LogP contribution in [0.1, 0.15) is 34.6 Å². The van der Waals surface area contributed by atoms with Crippen molar-refractivity contribution in [2.45, 2.75) is 19.5 Å². The maximum absolute atomic E-state index is 13.7. The van der Waals surface area contributed by atoms with Gasteiger partial charge in [-0.05, 0) is 36.8 Å². The molecule has 25 heavy (non-hydrogen) atoms. The van der Waals surface area contributed by atoms with Gasteiger partial charge >= 0.3 is 0 Å². The van der Waals surface area contributed by atoms with Gasteiger partial charge in [0.05, 0.1) is 18.8 Å². The Balaban J connectivity index is 1.70. The molecule has 1 amide bonds. The van der Waals surface area contributed by atoms with E-state index in [4.69, 9.17) is 0 Å². The van der Waals surface area contributed by atoms with Gasteiger partial charge in [0.2, 0.25) is 0 Å². The van der Waals surface area contributed by atoms with Crippen LogP contribution in [0.3, 0.4) is 0 Å². The SMILES string of the molecule is CC(NC(=O)c1cn(Cc2c(F)cccc2F)nn1)c1ccncc1. The summed E-state index contributed by atoms with van der Waals surface area (Å²) in [4.78, 5) is 16.2. The number of carbonyl (C=O) groups excluding carboxylic acids is 1. The van der Waals surface area contributed by atoms with Gasteiger partial charge in [-0.25, -0.2) is 13.5 Å². The van der Waals surface area contributed by atoms with Gasteiger partial charge in [-0.2, -0.15) is 0 Å². The zero-order valence-electron chi connectivity index (χ0n) is 13.4. The maximum atomic E-state index is 13.7. The van der Waals surface area contributed by atoms with Gasteiger partial charge in [0, 0.05) is 18.0 Å². The molecular formula is C17H15F2N5O. The third-order valence-corrected chi connectivity index (χ3v) is 3.71. The van der Waals surface area contributed by atoms with E-state index in [-0.39, 0.29) is 23.8 Å². The predicted octanol–water partition coefficient (Wildman–Crippen LogP) is 2.49. The first kappa shape index (κ1) is 16.7. The van der Waals surface area contributed by atoms with Crippen molar-refractivity contribution in [1.29, 1.82) is 0 Å². The van der Waals surface area contributed by atoms with Gasteiger partial charge in [-0.1, -0.05) is 11.3 Å². The number of nitrogens with one attached hydrogen (secondary N) is 1. The van der Waals surface area contributed by atoms with E-state index in [0.717, 1.165) is 5.56 Å². The lowest BCUT2D eigenvalue weighted by molar-refractivity contribution is 0.0934. The number of pyridine rings is 1. The first-order valence-corrected chi connectivity index (χ1v) is 7.58. The monoisotopic (exact) mass is 343 g/mol. The topological polar surface area (TPSA) is 72.7 Å². The molecule has 0 aliphatic rings. The van der Waals surface area contributed by atoms with E-state index in [1.165, 1.54) is 29.1 Å². The Kier molecular flexibility index (Phi) is 4.78. The molecule has 1 N–H and O–H groups in total. The van der Waals surface area contributed by atoms with Crippen molar-refractivity contribution < 1.29 is 13.6 Å². The van der Waals surface area contributed by atoms with Crippen LogP contribution in [0, 0.1) is 11.6 Å². The quantitative estimate of drug-likeness (QED) is 0.772. The Hall–Kier alpha value is -3.16. The fraction of sp³-hybridized carbons (Fsp3) is 0.176. The van der Waals surface area contributed by atoms with Crippen LogP contribution >= 0.6 is 0 Å². The van der Waals surface area contributed by atoms with E-state index >= 15 is 0 Å². The highest BCUT2D eigenvalue weighted by Crippen LogP contribution is 2.14. The van der Waals surface area contributed by atoms with Crippen LogP contribution in [0.15, 0.2) is 48.9 Å². The van der Waals surface area contributed by atoms with Crippen molar-refractivity contribution in [3.8, 4) is 0 Å². The van der Waals surface area contributed by atoms with E-state index in [0.29, 0.717) is 0 Å². The highest BCUT2D eigenvalue weighted by molar-refractivity contribution is 5.92. The second-order valence-electron chi connectivity index (χ2n) is 5.48. The summed E-state index contributed by atoms with van der Waals surface area (Å²) in [6.07, 6.45) is 4.62. The summed E-state index contributed by atoms with van der Waals surface area (Å²) in [6, 6.07) is 6.96. The first-order valence-electron chi connectivity index (χ1n) is 7.58. The van der Waals surface area contributed by atoms with Crippen LogP contribution in [-0.2, 0) is 6.54 Å². The van der Waals surface area contributed by atoms with Gasteiger partial charge in [-0.3, -0.25) is 9.78 Å². The van der Waals surface area contributed by atoms with Crippen LogP contribution in [0.2, 0.25) is 0 Å². The van der Waals surface area contributed by atoms with E-state index < -0.39 is 17.5 Å². The lowest BCUT2D eigenvalue weighted by Crippen LogP contribution is -2.27. The summed E-state index contributed by atoms with van der Waals surface area (Å²) in [6.45, 7) is 1.67. The largest absolute Gasteiger partial charge is 0.344 e. The van der Waals surface area contributed by atoms with Crippen molar-refractivity contribution >= 4 is 5.91 Å². The van der Waals surface area contributed by atoms with Crippen LogP contribution in [0.5, 0.6) is 0 Å². The Bertz CT molecular complexity index is 862. The molecule has 1 atom stereocenters. The van der Waals surface area contributed by atoms with Crippen LogP contribution in [0.4, 0.5) is 8.78 Å². The molecule has 2 heterocycles. The number of amides is 1. The molecule has 1 unspecified atom stereocenters. The Morgan fingerprint density at radius 2 is 1.88 bits per heavy atom.